The smallest absolute Gasteiger partial charge is 0.335 e. The molecule has 0 aromatic heterocycles. The molecule has 0 spiro atoms. The number of allylic oxidation sites excluding steroid dienone is 1. The summed E-state index contributed by atoms with van der Waals surface area (Å²) in [4.78, 5) is 20.7. The standard InChI is InChI=1S/C8H6O4.C6H12/c9-7(10)5-1-2-6(4-3-5)8(11)12;1-5-6(2,3)4/h1-4H,(H,9,10)(H,11,12);5H,1H2,2-4H3. The third-order valence-corrected chi connectivity index (χ3v) is 1.99. The molecule has 1 aromatic carbocycles. The van der Waals surface area contributed by atoms with E-state index in [2.05, 4.69) is 27.4 Å². The van der Waals surface area contributed by atoms with E-state index in [4.69, 9.17) is 10.2 Å². The number of hydrogen-bond donors (Lipinski definition) is 2. The summed E-state index contributed by atoms with van der Waals surface area (Å²) in [5.41, 5.74) is 0.472. The Kier molecular flexibility index (Phi) is 5.82. The molecule has 0 amide bonds. The molecule has 18 heavy (non-hydrogen) atoms. The summed E-state index contributed by atoms with van der Waals surface area (Å²) >= 11 is 0. The van der Waals surface area contributed by atoms with Crippen molar-refractivity contribution in [3.05, 3.63) is 48.0 Å². The van der Waals surface area contributed by atoms with Crippen LogP contribution in [0.3, 0.4) is 0 Å². The van der Waals surface area contributed by atoms with Crippen molar-refractivity contribution in [1.29, 1.82) is 0 Å². The minimum absolute atomic E-state index is 0.0833. The SMILES string of the molecule is C=CC(C)(C)C.O=C(O)c1ccc(C(=O)O)cc1. The van der Waals surface area contributed by atoms with Crippen molar-refractivity contribution < 1.29 is 19.8 Å². The van der Waals surface area contributed by atoms with Crippen molar-refractivity contribution in [1.82, 2.24) is 0 Å². The first-order valence-electron chi connectivity index (χ1n) is 5.37. The first-order chi connectivity index (χ1) is 8.17. The minimum Gasteiger partial charge on any atom is -0.478 e. The second-order valence-electron chi connectivity index (χ2n) is 4.76. The lowest BCUT2D eigenvalue weighted by Crippen LogP contribution is -1.99. The molecule has 2 N–H and O–H groups in total. The molecule has 0 radical (unpaired) electrons. The van der Waals surface area contributed by atoms with Gasteiger partial charge in [-0.05, 0) is 29.7 Å². The first kappa shape index (κ1) is 15.9. The molecule has 0 heterocycles. The van der Waals surface area contributed by atoms with Gasteiger partial charge < -0.3 is 10.2 Å². The minimum atomic E-state index is -1.06. The Bertz CT molecular complexity index is 391. The molecule has 0 atom stereocenters. The third-order valence-electron chi connectivity index (χ3n) is 1.99. The molecule has 0 unspecified atom stereocenters. The van der Waals surface area contributed by atoms with Gasteiger partial charge in [0.25, 0.3) is 0 Å². The normalized spacial score (nSPS) is 9.94. The maximum absolute atomic E-state index is 10.3. The molecule has 4 nitrogen and oxygen atoms in total. The monoisotopic (exact) mass is 250 g/mol. The lowest BCUT2D eigenvalue weighted by molar-refractivity contribution is 0.0681. The zero-order valence-electron chi connectivity index (χ0n) is 10.8. The quantitative estimate of drug-likeness (QED) is 0.790. The topological polar surface area (TPSA) is 74.6 Å². The summed E-state index contributed by atoms with van der Waals surface area (Å²) in [5.74, 6) is -2.13. The van der Waals surface area contributed by atoms with Crippen molar-refractivity contribution in [2.45, 2.75) is 20.8 Å². The van der Waals surface area contributed by atoms with Gasteiger partial charge in [-0.2, -0.15) is 0 Å². The molecule has 0 bridgehead atoms. The van der Waals surface area contributed by atoms with Gasteiger partial charge in [0.1, 0.15) is 0 Å². The Morgan fingerprint density at radius 2 is 1.22 bits per heavy atom. The molecule has 1 rings (SSSR count). The molecule has 0 fully saturated rings. The number of carboxylic acids is 2. The van der Waals surface area contributed by atoms with Crippen LogP contribution in [-0.2, 0) is 0 Å². The van der Waals surface area contributed by atoms with Gasteiger partial charge in [-0.3, -0.25) is 0 Å². The van der Waals surface area contributed by atoms with Crippen LogP contribution in [0, 0.1) is 5.41 Å². The van der Waals surface area contributed by atoms with E-state index in [1.165, 1.54) is 24.3 Å². The number of carbonyl (C=O) groups is 2. The fourth-order valence-corrected chi connectivity index (χ4v) is 0.755. The fraction of sp³-hybridized carbons (Fsp3) is 0.286. The Hall–Kier alpha value is -2.10. The highest BCUT2D eigenvalue weighted by molar-refractivity contribution is 5.91. The Morgan fingerprint density at radius 1 is 1.00 bits per heavy atom. The summed E-state index contributed by atoms with van der Waals surface area (Å²) in [5, 5.41) is 16.9. The van der Waals surface area contributed by atoms with Gasteiger partial charge in [-0.15, -0.1) is 6.58 Å². The molecule has 0 aliphatic carbocycles. The van der Waals surface area contributed by atoms with Crippen molar-refractivity contribution in [3.8, 4) is 0 Å². The van der Waals surface area contributed by atoms with Crippen LogP contribution in [0.2, 0.25) is 0 Å². The van der Waals surface area contributed by atoms with E-state index in [0.717, 1.165) is 0 Å². The van der Waals surface area contributed by atoms with E-state index in [1.807, 2.05) is 6.08 Å². The molecule has 98 valence electrons. The maximum Gasteiger partial charge on any atom is 0.335 e. The summed E-state index contributed by atoms with van der Waals surface area (Å²) in [6, 6.07) is 5.02. The predicted molar refractivity (Wildman–Crippen MR) is 70.0 cm³/mol. The van der Waals surface area contributed by atoms with Crippen LogP contribution < -0.4 is 0 Å². The van der Waals surface area contributed by atoms with Crippen molar-refractivity contribution in [2.24, 2.45) is 5.41 Å². The zero-order chi connectivity index (χ0) is 14.3. The van der Waals surface area contributed by atoms with Gasteiger partial charge in [-0.25, -0.2) is 9.59 Å². The van der Waals surface area contributed by atoms with E-state index >= 15 is 0 Å². The third kappa shape index (κ3) is 6.48. The van der Waals surface area contributed by atoms with Crippen molar-refractivity contribution in [2.75, 3.05) is 0 Å². The van der Waals surface area contributed by atoms with E-state index in [-0.39, 0.29) is 11.1 Å². The van der Waals surface area contributed by atoms with Crippen LogP contribution in [0.15, 0.2) is 36.9 Å². The molecule has 4 heteroatoms. The Labute approximate surface area is 107 Å². The highest BCUT2D eigenvalue weighted by atomic mass is 16.4. The molecular weight excluding hydrogens is 232 g/mol. The summed E-state index contributed by atoms with van der Waals surface area (Å²) in [6.07, 6.45) is 1.94. The highest BCUT2D eigenvalue weighted by Crippen LogP contribution is 2.11. The van der Waals surface area contributed by atoms with Crippen LogP contribution in [-0.4, -0.2) is 22.2 Å². The van der Waals surface area contributed by atoms with Gasteiger partial charge in [0.2, 0.25) is 0 Å². The lowest BCUT2D eigenvalue weighted by Gasteiger charge is -2.08. The van der Waals surface area contributed by atoms with Crippen LogP contribution >= 0.6 is 0 Å². The number of rotatable bonds is 2. The van der Waals surface area contributed by atoms with Gasteiger partial charge in [0.05, 0.1) is 11.1 Å². The molecule has 0 saturated carbocycles. The summed E-state index contributed by atoms with van der Waals surface area (Å²) in [6.45, 7) is 10.0. The molecule has 0 aliphatic rings. The lowest BCUT2D eigenvalue weighted by atomic mass is 9.98. The Morgan fingerprint density at radius 3 is 1.33 bits per heavy atom. The molecule has 0 saturated heterocycles. The number of carboxylic acid groups (broad SMARTS) is 2. The summed E-state index contributed by atoms with van der Waals surface area (Å²) < 4.78 is 0. The summed E-state index contributed by atoms with van der Waals surface area (Å²) in [7, 11) is 0. The largest absolute Gasteiger partial charge is 0.478 e. The van der Waals surface area contributed by atoms with E-state index in [0.29, 0.717) is 5.41 Å². The van der Waals surface area contributed by atoms with Crippen LogP contribution in [0.4, 0.5) is 0 Å². The van der Waals surface area contributed by atoms with Gasteiger partial charge in [0.15, 0.2) is 0 Å². The van der Waals surface area contributed by atoms with Crippen molar-refractivity contribution in [3.63, 3.8) is 0 Å². The number of aromatic carboxylic acids is 2. The molecule has 1 aromatic rings. The Balaban J connectivity index is 0.000000411. The van der Waals surface area contributed by atoms with Crippen LogP contribution in [0.25, 0.3) is 0 Å². The van der Waals surface area contributed by atoms with E-state index in [1.54, 1.807) is 0 Å². The van der Waals surface area contributed by atoms with Gasteiger partial charge >= 0.3 is 11.9 Å². The van der Waals surface area contributed by atoms with E-state index < -0.39 is 11.9 Å². The van der Waals surface area contributed by atoms with Gasteiger partial charge in [0, 0.05) is 0 Å². The number of hydrogen-bond acceptors (Lipinski definition) is 2. The molecular formula is C14H18O4. The van der Waals surface area contributed by atoms with Crippen LogP contribution in [0.5, 0.6) is 0 Å². The van der Waals surface area contributed by atoms with Gasteiger partial charge in [-0.1, -0.05) is 26.8 Å². The first-order valence-corrected chi connectivity index (χ1v) is 5.37. The average molecular weight is 250 g/mol. The highest BCUT2D eigenvalue weighted by Gasteiger charge is 2.04. The number of benzene rings is 1. The maximum atomic E-state index is 10.3. The second-order valence-corrected chi connectivity index (χ2v) is 4.76. The second kappa shape index (κ2) is 6.59. The van der Waals surface area contributed by atoms with E-state index in [9.17, 15) is 9.59 Å². The zero-order valence-corrected chi connectivity index (χ0v) is 10.8. The average Bonchev–Trinajstić information content (AvgIpc) is 2.29. The van der Waals surface area contributed by atoms with Crippen LogP contribution in [0.1, 0.15) is 41.5 Å². The van der Waals surface area contributed by atoms with Crippen molar-refractivity contribution >= 4 is 11.9 Å². The molecule has 0 aliphatic heterocycles. The predicted octanol–water partition coefficient (Wildman–Crippen LogP) is 3.30. The fourth-order valence-electron chi connectivity index (χ4n) is 0.755.